The van der Waals surface area contributed by atoms with Crippen molar-refractivity contribution in [2.24, 2.45) is 0 Å². The largest absolute Gasteiger partial charge is 0.0843 e. The molecule has 13 heavy (non-hydrogen) atoms. The third-order valence-electron chi connectivity index (χ3n) is 3.04. The molecular weight excluding hydrogens is 180 g/mol. The second-order valence-electron chi connectivity index (χ2n) is 4.04. The van der Waals surface area contributed by atoms with Crippen molar-refractivity contribution in [1.29, 1.82) is 0 Å². The molecule has 1 aliphatic rings. The smallest absolute Gasteiger partial charge is 0.0406 e. The first kappa shape index (κ1) is 9.08. The summed E-state index contributed by atoms with van der Waals surface area (Å²) in [6.07, 6.45) is 5.34. The highest BCUT2D eigenvalue weighted by molar-refractivity contribution is 6.30. The summed E-state index contributed by atoms with van der Waals surface area (Å²) in [5.41, 5.74) is 2.01. The van der Waals surface area contributed by atoms with Crippen LogP contribution in [-0.2, 0) is 5.41 Å². The minimum Gasteiger partial charge on any atom is -0.0843 e. The molecule has 1 aromatic rings. The van der Waals surface area contributed by atoms with Crippen LogP contribution in [0.15, 0.2) is 24.3 Å². The number of hydrogen-bond acceptors (Lipinski definition) is 0. The average molecular weight is 195 g/mol. The molecule has 0 nitrogen and oxygen atoms in total. The Labute approximate surface area is 84.9 Å². The third kappa shape index (κ3) is 1.73. The van der Waals surface area contributed by atoms with Crippen molar-refractivity contribution in [2.75, 3.05) is 0 Å². The van der Waals surface area contributed by atoms with Crippen molar-refractivity contribution in [3.05, 3.63) is 34.9 Å². The predicted molar refractivity (Wildman–Crippen MR) is 57.3 cm³/mol. The van der Waals surface area contributed by atoms with E-state index in [1.165, 1.54) is 31.2 Å². The summed E-state index contributed by atoms with van der Waals surface area (Å²) in [5.74, 6) is 0. The summed E-state index contributed by atoms with van der Waals surface area (Å²) in [7, 11) is 0. The quantitative estimate of drug-likeness (QED) is 0.678. The zero-order chi connectivity index (χ0) is 9.31. The van der Waals surface area contributed by atoms with Gasteiger partial charge in [0.25, 0.3) is 0 Å². The van der Waals surface area contributed by atoms with E-state index in [0.29, 0.717) is 5.41 Å². The van der Waals surface area contributed by atoms with E-state index >= 15 is 0 Å². The predicted octanol–water partition coefficient (Wildman–Crippen LogP) is 4.17. The van der Waals surface area contributed by atoms with Crippen LogP contribution >= 0.6 is 11.6 Å². The highest BCUT2D eigenvalue weighted by Crippen LogP contribution is 2.51. The molecule has 1 aromatic carbocycles. The maximum absolute atomic E-state index is 5.86. The van der Waals surface area contributed by atoms with Gasteiger partial charge in [0, 0.05) is 5.02 Å². The van der Waals surface area contributed by atoms with E-state index in [9.17, 15) is 0 Å². The molecule has 0 atom stereocenters. The van der Waals surface area contributed by atoms with Crippen LogP contribution in [0.3, 0.4) is 0 Å². The summed E-state index contributed by atoms with van der Waals surface area (Å²) in [5, 5.41) is 0.844. The van der Waals surface area contributed by atoms with Gasteiger partial charge in [-0.05, 0) is 42.4 Å². The highest BCUT2D eigenvalue weighted by atomic mass is 35.5. The fraction of sp³-hybridized carbons (Fsp3) is 0.500. The van der Waals surface area contributed by atoms with Gasteiger partial charge in [-0.15, -0.1) is 0 Å². The number of benzene rings is 1. The lowest BCUT2D eigenvalue weighted by molar-refractivity contribution is 0.607. The van der Waals surface area contributed by atoms with E-state index in [0.717, 1.165) is 5.02 Å². The van der Waals surface area contributed by atoms with E-state index in [4.69, 9.17) is 11.6 Å². The second-order valence-corrected chi connectivity index (χ2v) is 4.47. The fourth-order valence-corrected chi connectivity index (χ4v) is 2.24. The van der Waals surface area contributed by atoms with Gasteiger partial charge in [0.2, 0.25) is 0 Å². The van der Waals surface area contributed by atoms with Gasteiger partial charge < -0.3 is 0 Å². The maximum atomic E-state index is 5.86. The Kier molecular flexibility index (Phi) is 2.33. The molecule has 0 aliphatic heterocycles. The van der Waals surface area contributed by atoms with Crippen LogP contribution in [0, 0.1) is 0 Å². The van der Waals surface area contributed by atoms with Crippen molar-refractivity contribution >= 4 is 11.6 Å². The maximum Gasteiger partial charge on any atom is 0.0406 e. The van der Waals surface area contributed by atoms with Gasteiger partial charge in [0.1, 0.15) is 0 Å². The summed E-state index contributed by atoms with van der Waals surface area (Å²) in [6, 6.07) is 8.38. The Morgan fingerprint density at radius 3 is 2.31 bits per heavy atom. The van der Waals surface area contributed by atoms with Crippen molar-refractivity contribution in [3.63, 3.8) is 0 Å². The van der Waals surface area contributed by atoms with Crippen LogP contribution in [-0.4, -0.2) is 0 Å². The fourth-order valence-electron chi connectivity index (χ4n) is 2.12. The second kappa shape index (κ2) is 3.34. The SMILES string of the molecule is CCCC1(c2ccc(Cl)cc2)CC1. The van der Waals surface area contributed by atoms with Crippen LogP contribution in [0.1, 0.15) is 38.2 Å². The Morgan fingerprint density at radius 2 is 1.85 bits per heavy atom. The molecule has 0 N–H and O–H groups in total. The Morgan fingerprint density at radius 1 is 1.23 bits per heavy atom. The summed E-state index contributed by atoms with van der Waals surface area (Å²) < 4.78 is 0. The van der Waals surface area contributed by atoms with Gasteiger partial charge in [-0.25, -0.2) is 0 Å². The molecular formula is C12H15Cl. The molecule has 0 unspecified atom stereocenters. The Bertz CT molecular complexity index is 282. The molecule has 0 radical (unpaired) electrons. The van der Waals surface area contributed by atoms with Crippen molar-refractivity contribution in [3.8, 4) is 0 Å². The first-order chi connectivity index (χ1) is 6.27. The molecule has 1 fully saturated rings. The van der Waals surface area contributed by atoms with Gasteiger partial charge in [-0.1, -0.05) is 37.1 Å². The van der Waals surface area contributed by atoms with Crippen LogP contribution < -0.4 is 0 Å². The zero-order valence-electron chi connectivity index (χ0n) is 8.02. The van der Waals surface area contributed by atoms with Crippen molar-refractivity contribution < 1.29 is 0 Å². The molecule has 2 rings (SSSR count). The highest BCUT2D eigenvalue weighted by Gasteiger charge is 2.42. The number of halogens is 1. The molecule has 1 saturated carbocycles. The molecule has 0 saturated heterocycles. The van der Waals surface area contributed by atoms with E-state index in [2.05, 4.69) is 19.1 Å². The molecule has 0 aromatic heterocycles. The summed E-state index contributed by atoms with van der Waals surface area (Å²) in [4.78, 5) is 0. The molecule has 0 heterocycles. The van der Waals surface area contributed by atoms with Gasteiger partial charge in [-0.2, -0.15) is 0 Å². The van der Waals surface area contributed by atoms with Crippen LogP contribution in [0.2, 0.25) is 5.02 Å². The topological polar surface area (TPSA) is 0 Å². The zero-order valence-corrected chi connectivity index (χ0v) is 8.77. The standard InChI is InChI=1S/C12H15Cl/c1-2-7-12(8-9-12)10-3-5-11(13)6-4-10/h3-6H,2,7-9H2,1H3. The minimum absolute atomic E-state index is 0.527. The molecule has 1 aliphatic carbocycles. The lowest BCUT2D eigenvalue weighted by Gasteiger charge is -2.14. The van der Waals surface area contributed by atoms with Crippen LogP contribution in [0.25, 0.3) is 0 Å². The molecule has 70 valence electrons. The average Bonchev–Trinajstić information content (AvgIpc) is 2.87. The number of rotatable bonds is 3. The first-order valence-corrected chi connectivity index (χ1v) is 5.41. The van der Waals surface area contributed by atoms with Crippen LogP contribution in [0.5, 0.6) is 0 Å². The van der Waals surface area contributed by atoms with Gasteiger partial charge in [-0.3, -0.25) is 0 Å². The van der Waals surface area contributed by atoms with E-state index in [1.54, 1.807) is 0 Å². The Balaban J connectivity index is 2.20. The van der Waals surface area contributed by atoms with Gasteiger partial charge in [0.15, 0.2) is 0 Å². The van der Waals surface area contributed by atoms with Crippen molar-refractivity contribution in [1.82, 2.24) is 0 Å². The molecule has 0 spiro atoms. The third-order valence-corrected chi connectivity index (χ3v) is 3.29. The van der Waals surface area contributed by atoms with Crippen molar-refractivity contribution in [2.45, 2.75) is 38.0 Å². The lowest BCUT2D eigenvalue weighted by atomic mass is 9.91. The summed E-state index contributed by atoms with van der Waals surface area (Å²) >= 11 is 5.86. The van der Waals surface area contributed by atoms with E-state index < -0.39 is 0 Å². The van der Waals surface area contributed by atoms with Crippen LogP contribution in [0.4, 0.5) is 0 Å². The Hall–Kier alpha value is -0.490. The molecule has 0 bridgehead atoms. The van der Waals surface area contributed by atoms with E-state index in [1.807, 2.05) is 12.1 Å². The normalized spacial score (nSPS) is 18.6. The molecule has 0 amide bonds. The summed E-state index contributed by atoms with van der Waals surface area (Å²) in [6.45, 7) is 2.26. The monoisotopic (exact) mass is 194 g/mol. The number of hydrogen-bond donors (Lipinski definition) is 0. The van der Waals surface area contributed by atoms with E-state index in [-0.39, 0.29) is 0 Å². The molecule has 1 heteroatoms. The minimum atomic E-state index is 0.527. The van der Waals surface area contributed by atoms with Gasteiger partial charge in [0.05, 0.1) is 0 Å². The first-order valence-electron chi connectivity index (χ1n) is 5.03. The van der Waals surface area contributed by atoms with Gasteiger partial charge >= 0.3 is 0 Å². The lowest BCUT2D eigenvalue weighted by Crippen LogP contribution is -2.04.